The third-order valence-electron chi connectivity index (χ3n) is 4.04. The quantitative estimate of drug-likeness (QED) is 0.555. The highest BCUT2D eigenvalue weighted by Gasteiger charge is 2.06. The van der Waals surface area contributed by atoms with Crippen LogP contribution in [0.4, 0.5) is 5.95 Å². The van der Waals surface area contributed by atoms with Gasteiger partial charge in [0.2, 0.25) is 11.8 Å². The number of hydrogen-bond acceptors (Lipinski definition) is 5. The van der Waals surface area contributed by atoms with Crippen LogP contribution in [0.2, 0.25) is 0 Å². The number of aromatic amines is 1. The number of aryl methyl sites for hydroxylation is 1. The van der Waals surface area contributed by atoms with Crippen LogP contribution in [-0.2, 0) is 13.2 Å². The summed E-state index contributed by atoms with van der Waals surface area (Å²) in [7, 11) is 0. The largest absolute Gasteiger partial charge is 0.473 e. The van der Waals surface area contributed by atoms with E-state index in [1.54, 1.807) is 12.3 Å². The summed E-state index contributed by atoms with van der Waals surface area (Å²) in [5.41, 5.74) is 4.27. The molecular weight excluding hydrogens is 326 g/mol. The minimum atomic E-state index is 0.472. The van der Waals surface area contributed by atoms with Crippen LogP contribution in [-0.4, -0.2) is 19.9 Å². The number of imidazole rings is 1. The van der Waals surface area contributed by atoms with E-state index < -0.39 is 0 Å². The zero-order valence-corrected chi connectivity index (χ0v) is 14.4. The fourth-order valence-corrected chi connectivity index (χ4v) is 2.71. The Morgan fingerprint density at radius 1 is 1.00 bits per heavy atom. The Morgan fingerprint density at radius 3 is 2.73 bits per heavy atom. The van der Waals surface area contributed by atoms with Gasteiger partial charge in [0.15, 0.2) is 0 Å². The Morgan fingerprint density at radius 2 is 1.88 bits per heavy atom. The number of nitrogens with zero attached hydrogens (tertiary/aromatic N) is 3. The second kappa shape index (κ2) is 7.23. The van der Waals surface area contributed by atoms with Gasteiger partial charge < -0.3 is 15.0 Å². The fraction of sp³-hybridized carbons (Fsp3) is 0.150. The van der Waals surface area contributed by atoms with Gasteiger partial charge in [0.05, 0.1) is 17.6 Å². The predicted octanol–water partition coefficient (Wildman–Crippen LogP) is 3.85. The van der Waals surface area contributed by atoms with Crippen molar-refractivity contribution < 1.29 is 4.74 Å². The molecule has 0 radical (unpaired) electrons. The maximum atomic E-state index is 5.73. The summed E-state index contributed by atoms with van der Waals surface area (Å²) in [6, 6.07) is 17.8. The average molecular weight is 345 g/mol. The summed E-state index contributed by atoms with van der Waals surface area (Å²) in [4.78, 5) is 16.6. The average Bonchev–Trinajstić information content (AvgIpc) is 3.11. The van der Waals surface area contributed by atoms with E-state index in [1.807, 2.05) is 42.5 Å². The number of ether oxygens (including phenoxy) is 1. The van der Waals surface area contributed by atoms with Crippen molar-refractivity contribution >= 4 is 17.0 Å². The van der Waals surface area contributed by atoms with Crippen LogP contribution in [0.5, 0.6) is 5.88 Å². The van der Waals surface area contributed by atoms with Crippen LogP contribution >= 0.6 is 0 Å². The van der Waals surface area contributed by atoms with Gasteiger partial charge in [0.1, 0.15) is 12.4 Å². The second-order valence-corrected chi connectivity index (χ2v) is 6.00. The summed E-state index contributed by atoms with van der Waals surface area (Å²) < 4.78 is 5.73. The van der Waals surface area contributed by atoms with E-state index in [1.165, 1.54) is 0 Å². The number of H-pyrrole nitrogens is 1. The van der Waals surface area contributed by atoms with Crippen molar-refractivity contribution in [2.75, 3.05) is 5.32 Å². The normalized spacial score (nSPS) is 10.8. The maximum absolute atomic E-state index is 5.73. The van der Waals surface area contributed by atoms with E-state index in [-0.39, 0.29) is 0 Å². The van der Waals surface area contributed by atoms with Crippen LogP contribution in [0, 0.1) is 6.92 Å². The molecule has 0 aliphatic heterocycles. The highest BCUT2D eigenvalue weighted by Crippen LogP contribution is 2.16. The molecule has 130 valence electrons. The molecule has 26 heavy (non-hydrogen) atoms. The molecule has 0 saturated carbocycles. The predicted molar refractivity (Wildman–Crippen MR) is 101 cm³/mol. The van der Waals surface area contributed by atoms with E-state index in [2.05, 4.69) is 38.2 Å². The van der Waals surface area contributed by atoms with Crippen LogP contribution in [0.1, 0.15) is 17.0 Å². The molecule has 2 N–H and O–H groups in total. The highest BCUT2D eigenvalue weighted by molar-refractivity contribution is 5.78. The van der Waals surface area contributed by atoms with Gasteiger partial charge in [0, 0.05) is 12.3 Å². The molecule has 0 amide bonds. The standard InChI is InChI=1S/C20H19N5O/c1-14-6-5-9-16-19(14)24-17(23-16)12-22-20-21-11-10-18(25-20)26-13-15-7-3-2-4-8-15/h2-11H,12-13H2,1H3,(H,23,24)(H,21,22,25). The number of rotatable bonds is 6. The molecule has 4 aromatic rings. The van der Waals surface area contributed by atoms with E-state index in [0.717, 1.165) is 28.0 Å². The lowest BCUT2D eigenvalue weighted by Gasteiger charge is -2.07. The number of hydrogen-bond donors (Lipinski definition) is 2. The summed E-state index contributed by atoms with van der Waals surface area (Å²) in [6.45, 7) is 3.04. The molecule has 2 heterocycles. The van der Waals surface area contributed by atoms with Gasteiger partial charge in [-0.05, 0) is 24.1 Å². The first kappa shape index (κ1) is 16.1. The highest BCUT2D eigenvalue weighted by atomic mass is 16.5. The Kier molecular flexibility index (Phi) is 4.47. The van der Waals surface area contributed by atoms with Gasteiger partial charge in [-0.2, -0.15) is 4.98 Å². The van der Waals surface area contributed by atoms with E-state index >= 15 is 0 Å². The zero-order chi connectivity index (χ0) is 17.8. The van der Waals surface area contributed by atoms with Crippen molar-refractivity contribution in [1.82, 2.24) is 19.9 Å². The molecule has 0 atom stereocenters. The lowest BCUT2D eigenvalue weighted by Crippen LogP contribution is -2.06. The number of fused-ring (bicyclic) bond motifs is 1. The first-order valence-corrected chi connectivity index (χ1v) is 8.46. The molecule has 0 saturated heterocycles. The van der Waals surface area contributed by atoms with Gasteiger partial charge in [-0.1, -0.05) is 42.5 Å². The smallest absolute Gasteiger partial charge is 0.226 e. The molecule has 0 aliphatic carbocycles. The maximum Gasteiger partial charge on any atom is 0.226 e. The van der Waals surface area contributed by atoms with Gasteiger partial charge in [-0.15, -0.1) is 0 Å². The van der Waals surface area contributed by atoms with E-state index in [9.17, 15) is 0 Å². The van der Waals surface area contributed by atoms with Crippen molar-refractivity contribution in [3.63, 3.8) is 0 Å². The van der Waals surface area contributed by atoms with Crippen molar-refractivity contribution in [3.05, 3.63) is 77.7 Å². The fourth-order valence-electron chi connectivity index (χ4n) is 2.71. The topological polar surface area (TPSA) is 75.7 Å². The Labute approximate surface area is 151 Å². The summed E-state index contributed by atoms with van der Waals surface area (Å²) in [5, 5.41) is 3.18. The Bertz CT molecular complexity index is 1010. The third-order valence-corrected chi connectivity index (χ3v) is 4.04. The summed E-state index contributed by atoms with van der Waals surface area (Å²) in [5.74, 6) is 1.88. The summed E-state index contributed by atoms with van der Waals surface area (Å²) >= 11 is 0. The first-order chi connectivity index (χ1) is 12.8. The second-order valence-electron chi connectivity index (χ2n) is 6.00. The van der Waals surface area contributed by atoms with Crippen LogP contribution in [0.3, 0.4) is 0 Å². The molecule has 2 aromatic carbocycles. The molecule has 2 aromatic heterocycles. The number of aromatic nitrogens is 4. The number of para-hydroxylation sites is 1. The van der Waals surface area contributed by atoms with Crippen molar-refractivity contribution in [3.8, 4) is 5.88 Å². The molecule has 6 heteroatoms. The third kappa shape index (κ3) is 3.64. The van der Waals surface area contributed by atoms with Gasteiger partial charge in [-0.3, -0.25) is 0 Å². The molecule has 0 spiro atoms. The van der Waals surface area contributed by atoms with E-state index in [4.69, 9.17) is 4.74 Å². The van der Waals surface area contributed by atoms with Crippen molar-refractivity contribution in [2.24, 2.45) is 0 Å². The van der Waals surface area contributed by atoms with Crippen molar-refractivity contribution in [1.29, 1.82) is 0 Å². The lowest BCUT2D eigenvalue weighted by molar-refractivity contribution is 0.293. The van der Waals surface area contributed by atoms with Gasteiger partial charge >= 0.3 is 0 Å². The summed E-state index contributed by atoms with van der Waals surface area (Å²) in [6.07, 6.45) is 1.68. The van der Waals surface area contributed by atoms with Crippen LogP contribution < -0.4 is 10.1 Å². The molecule has 0 fully saturated rings. The van der Waals surface area contributed by atoms with Crippen molar-refractivity contribution in [2.45, 2.75) is 20.1 Å². The number of nitrogens with one attached hydrogen (secondary N) is 2. The molecule has 0 bridgehead atoms. The van der Waals surface area contributed by atoms with Crippen LogP contribution in [0.25, 0.3) is 11.0 Å². The number of benzene rings is 2. The minimum Gasteiger partial charge on any atom is -0.473 e. The zero-order valence-electron chi connectivity index (χ0n) is 14.4. The van der Waals surface area contributed by atoms with Gasteiger partial charge in [-0.25, -0.2) is 9.97 Å². The number of anilines is 1. The monoisotopic (exact) mass is 345 g/mol. The van der Waals surface area contributed by atoms with E-state index in [0.29, 0.717) is 25.0 Å². The first-order valence-electron chi connectivity index (χ1n) is 8.46. The molecule has 0 unspecified atom stereocenters. The molecule has 4 rings (SSSR count). The SMILES string of the molecule is Cc1cccc2[nH]c(CNc3nccc(OCc4ccccc4)n3)nc12. The lowest BCUT2D eigenvalue weighted by atomic mass is 10.2. The Balaban J connectivity index is 1.41. The minimum absolute atomic E-state index is 0.472. The van der Waals surface area contributed by atoms with Gasteiger partial charge in [0.25, 0.3) is 0 Å². The Hall–Kier alpha value is -3.41. The molecule has 0 aliphatic rings. The van der Waals surface area contributed by atoms with Crippen LogP contribution in [0.15, 0.2) is 60.8 Å². The molecular formula is C20H19N5O. The molecule has 6 nitrogen and oxygen atoms in total.